The van der Waals surface area contributed by atoms with E-state index in [9.17, 15) is 23.1 Å². The van der Waals surface area contributed by atoms with Crippen LogP contribution in [-0.2, 0) is 33.1 Å². The van der Waals surface area contributed by atoms with Crippen molar-refractivity contribution >= 4 is 43.8 Å². The number of carbonyl (C=O) groups is 2. The smallest absolute Gasteiger partial charge is 0.339 e. The van der Waals surface area contributed by atoms with E-state index in [0.717, 1.165) is 6.26 Å². The number of ether oxygens (including phenoxy) is 1. The second-order valence-electron chi connectivity index (χ2n) is 8.98. The lowest BCUT2D eigenvalue weighted by atomic mass is 9.98. The van der Waals surface area contributed by atoms with E-state index in [2.05, 4.69) is 15.1 Å². The molecule has 0 aliphatic heterocycles. The van der Waals surface area contributed by atoms with E-state index >= 15 is 0 Å². The van der Waals surface area contributed by atoms with Crippen molar-refractivity contribution in [2.45, 2.75) is 32.4 Å². The largest absolute Gasteiger partial charge is 0.478 e. The van der Waals surface area contributed by atoms with E-state index in [-0.39, 0.29) is 34.0 Å². The molecule has 34 heavy (non-hydrogen) atoms. The zero-order chi connectivity index (χ0) is 25.0. The van der Waals surface area contributed by atoms with Crippen molar-refractivity contribution in [2.75, 3.05) is 6.26 Å². The monoisotopic (exact) mass is 485 g/mol. The summed E-state index contributed by atoms with van der Waals surface area (Å²) in [6.45, 7) is 4.91. The number of carbonyl (C=O) groups excluding carboxylic acids is 1. The number of hydrogen-bond acceptors (Lipinski definition) is 8. The van der Waals surface area contributed by atoms with Crippen LogP contribution in [0, 0.1) is 5.41 Å². The normalized spacial score (nSPS) is 12.4. The van der Waals surface area contributed by atoms with Crippen LogP contribution in [0.1, 0.15) is 31.1 Å². The minimum Gasteiger partial charge on any atom is -0.478 e. The Kier molecular flexibility index (Phi) is 5.43. The molecule has 11 nitrogen and oxygen atoms in total. The Balaban J connectivity index is 1.84. The van der Waals surface area contributed by atoms with Gasteiger partial charge in [0.15, 0.2) is 22.2 Å². The van der Waals surface area contributed by atoms with Crippen molar-refractivity contribution in [3.05, 3.63) is 36.2 Å². The van der Waals surface area contributed by atoms with E-state index in [1.54, 1.807) is 38.6 Å². The average Bonchev–Trinajstić information content (AvgIpc) is 3.28. The molecule has 3 aromatic heterocycles. The summed E-state index contributed by atoms with van der Waals surface area (Å²) >= 11 is 0. The Bertz CT molecular complexity index is 1580. The van der Waals surface area contributed by atoms with Crippen molar-refractivity contribution in [2.24, 2.45) is 12.5 Å². The molecule has 0 bridgehead atoms. The maximum absolute atomic E-state index is 12.1. The van der Waals surface area contributed by atoms with Crippen molar-refractivity contribution in [3.63, 3.8) is 0 Å². The Morgan fingerprint density at radius 1 is 1.21 bits per heavy atom. The van der Waals surface area contributed by atoms with E-state index < -0.39 is 27.2 Å². The van der Waals surface area contributed by atoms with Gasteiger partial charge in [-0.15, -0.1) is 0 Å². The first kappa shape index (κ1) is 23.4. The van der Waals surface area contributed by atoms with Gasteiger partial charge in [-0.2, -0.15) is 5.10 Å². The number of rotatable bonds is 5. The van der Waals surface area contributed by atoms with Crippen LogP contribution in [0.5, 0.6) is 0 Å². The van der Waals surface area contributed by atoms with Gasteiger partial charge in [-0.3, -0.25) is 14.0 Å². The first-order chi connectivity index (χ1) is 15.8. The van der Waals surface area contributed by atoms with Crippen LogP contribution in [0.25, 0.3) is 33.5 Å². The topological polar surface area (TPSA) is 146 Å². The standard InChI is InChI=1S/C22H23N5O6S/c1-22(2,3)21(30)33-11-27-10-14(20(28)29)18-19(27)23-9-15(24-18)17-13-8-12(34(5,31)32)6-7-16(13)26(4)25-17/h6-10H,11H2,1-5H3,(H,28,29). The maximum Gasteiger partial charge on any atom is 0.339 e. The molecule has 0 fully saturated rings. The molecule has 0 unspecified atom stereocenters. The molecule has 4 aromatic rings. The van der Waals surface area contributed by atoms with Crippen molar-refractivity contribution < 1.29 is 27.9 Å². The van der Waals surface area contributed by atoms with Gasteiger partial charge in [-0.05, 0) is 39.0 Å². The number of esters is 1. The van der Waals surface area contributed by atoms with Gasteiger partial charge in [-0.25, -0.2) is 23.2 Å². The Labute approximate surface area is 194 Å². The number of aromatic nitrogens is 5. The van der Waals surface area contributed by atoms with Crippen LogP contribution in [0.2, 0.25) is 0 Å². The van der Waals surface area contributed by atoms with Gasteiger partial charge in [0.1, 0.15) is 22.5 Å². The summed E-state index contributed by atoms with van der Waals surface area (Å²) in [6.07, 6.45) is 3.85. The van der Waals surface area contributed by atoms with Gasteiger partial charge in [0.25, 0.3) is 0 Å². The van der Waals surface area contributed by atoms with Gasteiger partial charge in [-0.1, -0.05) is 0 Å². The van der Waals surface area contributed by atoms with E-state index in [1.807, 2.05) is 0 Å². The molecule has 0 amide bonds. The maximum atomic E-state index is 12.1. The number of fused-ring (bicyclic) bond motifs is 2. The summed E-state index contributed by atoms with van der Waals surface area (Å²) < 4.78 is 32.4. The molecule has 1 aromatic carbocycles. The summed E-state index contributed by atoms with van der Waals surface area (Å²) in [5.41, 5.74) is 0.788. The SMILES string of the molecule is Cn1nc(-c2cnc3c(n2)c(C(=O)O)cn3COC(=O)C(C)(C)C)c2cc(S(C)(=O)=O)ccc21. The predicted octanol–water partition coefficient (Wildman–Crippen LogP) is 2.63. The average molecular weight is 486 g/mol. The molecule has 0 atom stereocenters. The van der Waals surface area contributed by atoms with Crippen LogP contribution < -0.4 is 0 Å². The molecule has 178 valence electrons. The van der Waals surface area contributed by atoms with Gasteiger partial charge in [0.2, 0.25) is 0 Å². The zero-order valence-corrected chi connectivity index (χ0v) is 20.0. The van der Waals surface area contributed by atoms with Crippen LogP contribution in [0.3, 0.4) is 0 Å². The quantitative estimate of drug-likeness (QED) is 0.421. The van der Waals surface area contributed by atoms with Crippen LogP contribution in [0.15, 0.2) is 35.5 Å². The van der Waals surface area contributed by atoms with Crippen molar-refractivity contribution in [1.82, 2.24) is 24.3 Å². The summed E-state index contributed by atoms with van der Waals surface area (Å²) in [5, 5.41) is 14.7. The number of sulfone groups is 1. The molecular formula is C22H23N5O6S. The highest BCUT2D eigenvalue weighted by molar-refractivity contribution is 7.90. The Morgan fingerprint density at radius 3 is 2.53 bits per heavy atom. The number of aromatic carboxylic acids is 1. The van der Waals surface area contributed by atoms with Crippen LogP contribution in [0.4, 0.5) is 0 Å². The molecule has 4 rings (SSSR count). The van der Waals surface area contributed by atoms with E-state index in [0.29, 0.717) is 16.6 Å². The molecule has 12 heteroatoms. The third kappa shape index (κ3) is 4.12. The predicted molar refractivity (Wildman–Crippen MR) is 123 cm³/mol. The Morgan fingerprint density at radius 2 is 1.91 bits per heavy atom. The highest BCUT2D eigenvalue weighted by Gasteiger charge is 2.25. The minimum absolute atomic E-state index is 0.0925. The van der Waals surface area contributed by atoms with Gasteiger partial charge in [0.05, 0.1) is 22.0 Å². The lowest BCUT2D eigenvalue weighted by Gasteiger charge is -2.16. The lowest BCUT2D eigenvalue weighted by molar-refractivity contribution is -0.156. The van der Waals surface area contributed by atoms with Gasteiger partial charge >= 0.3 is 11.9 Å². The first-order valence-electron chi connectivity index (χ1n) is 10.2. The number of carboxylic acid groups (broad SMARTS) is 1. The number of aryl methyl sites for hydroxylation is 1. The molecule has 0 aliphatic carbocycles. The molecular weight excluding hydrogens is 462 g/mol. The second-order valence-corrected chi connectivity index (χ2v) is 11.0. The van der Waals surface area contributed by atoms with E-state index in [4.69, 9.17) is 4.74 Å². The molecule has 3 heterocycles. The molecule has 0 aliphatic rings. The fourth-order valence-corrected chi connectivity index (χ4v) is 4.08. The molecule has 0 spiro atoms. The number of benzene rings is 1. The van der Waals surface area contributed by atoms with Gasteiger partial charge in [0, 0.05) is 24.9 Å². The minimum atomic E-state index is -3.45. The molecule has 0 saturated carbocycles. The van der Waals surface area contributed by atoms with Gasteiger partial charge < -0.3 is 9.84 Å². The second kappa shape index (κ2) is 7.90. The fraction of sp³-hybridized carbons (Fsp3) is 0.318. The molecule has 1 N–H and O–H groups in total. The number of nitrogens with zero attached hydrogens (tertiary/aromatic N) is 5. The van der Waals surface area contributed by atoms with E-state index in [1.165, 1.54) is 29.1 Å². The third-order valence-electron chi connectivity index (χ3n) is 5.24. The fourth-order valence-electron chi connectivity index (χ4n) is 3.43. The summed E-state index contributed by atoms with van der Waals surface area (Å²) in [7, 11) is -1.74. The molecule has 0 radical (unpaired) electrons. The van der Waals surface area contributed by atoms with Crippen molar-refractivity contribution in [3.8, 4) is 11.4 Å². The highest BCUT2D eigenvalue weighted by Crippen LogP contribution is 2.30. The van der Waals surface area contributed by atoms with Crippen LogP contribution in [-0.4, -0.2) is 56.0 Å². The highest BCUT2D eigenvalue weighted by atomic mass is 32.2. The summed E-state index contributed by atoms with van der Waals surface area (Å²) in [6, 6.07) is 4.66. The summed E-state index contributed by atoms with van der Waals surface area (Å²) in [5.74, 6) is -1.67. The number of hydrogen-bond donors (Lipinski definition) is 1. The zero-order valence-electron chi connectivity index (χ0n) is 19.2. The van der Waals surface area contributed by atoms with Crippen molar-refractivity contribution in [1.29, 1.82) is 0 Å². The number of carboxylic acids is 1. The lowest BCUT2D eigenvalue weighted by Crippen LogP contribution is -2.24. The summed E-state index contributed by atoms with van der Waals surface area (Å²) in [4.78, 5) is 33.0. The third-order valence-corrected chi connectivity index (χ3v) is 6.35. The first-order valence-corrected chi connectivity index (χ1v) is 12.1. The van der Waals surface area contributed by atoms with Crippen LogP contribution >= 0.6 is 0 Å². The Hall–Kier alpha value is -3.80. The molecule has 0 saturated heterocycles.